The highest BCUT2D eigenvalue weighted by atomic mass is 16.7. The van der Waals surface area contributed by atoms with Gasteiger partial charge in [-0.1, -0.05) is 32.9 Å². The zero-order valence-corrected chi connectivity index (χ0v) is 26.4. The first-order valence-electron chi connectivity index (χ1n) is 16.9. The summed E-state index contributed by atoms with van der Waals surface area (Å²) in [5.41, 5.74) is -1.96. The molecule has 0 aromatic heterocycles. The van der Waals surface area contributed by atoms with Gasteiger partial charge in [0.15, 0.2) is 12.1 Å². The Morgan fingerprint density at radius 2 is 1.58 bits per heavy atom. The van der Waals surface area contributed by atoms with Crippen LogP contribution >= 0.6 is 0 Å². The molecule has 12 heteroatoms. The lowest BCUT2D eigenvalue weighted by Gasteiger charge is -2.68. The Morgan fingerprint density at radius 1 is 0.867 bits per heavy atom. The van der Waals surface area contributed by atoms with E-state index in [2.05, 4.69) is 20.4 Å². The Morgan fingerprint density at radius 3 is 2.24 bits per heavy atom. The molecule has 8 N–H and O–H groups in total. The van der Waals surface area contributed by atoms with Gasteiger partial charge in [0.05, 0.1) is 25.4 Å². The van der Waals surface area contributed by atoms with Crippen LogP contribution in [0.2, 0.25) is 0 Å². The quantitative estimate of drug-likeness (QED) is 0.147. The molecule has 0 aromatic carbocycles. The molecule has 7 aliphatic rings. The average molecular weight is 641 g/mol. The number of hydrogen-bond acceptors (Lipinski definition) is 12. The van der Waals surface area contributed by atoms with Crippen LogP contribution in [0.5, 0.6) is 0 Å². The first-order chi connectivity index (χ1) is 21.2. The largest absolute Gasteiger partial charge is 0.394 e. The van der Waals surface area contributed by atoms with E-state index in [-0.39, 0.29) is 47.5 Å². The molecule has 1 spiro atoms. The molecule has 256 valence electrons. The average Bonchev–Trinajstić information content (AvgIpc) is 3.47. The van der Waals surface area contributed by atoms with Crippen LogP contribution in [0.25, 0.3) is 0 Å². The topological polar surface area (TPSA) is 199 Å². The highest BCUT2D eigenvalue weighted by Gasteiger charge is 2.76. The number of hydrogen-bond donors (Lipinski definition) is 8. The Bertz CT molecular complexity index is 1160. The van der Waals surface area contributed by atoms with Gasteiger partial charge >= 0.3 is 0 Å². The van der Waals surface area contributed by atoms with E-state index in [4.69, 9.17) is 18.9 Å². The van der Waals surface area contributed by atoms with E-state index < -0.39 is 78.5 Å². The van der Waals surface area contributed by atoms with Crippen LogP contribution in [-0.4, -0.2) is 127 Å². The molecule has 4 aliphatic carbocycles. The van der Waals surface area contributed by atoms with Gasteiger partial charge in [-0.05, 0) is 67.6 Å². The molecule has 3 aliphatic heterocycles. The summed E-state index contributed by atoms with van der Waals surface area (Å²) in [5, 5.41) is 87.1. The van der Waals surface area contributed by atoms with Crippen LogP contribution in [0.15, 0.2) is 12.2 Å². The molecular formula is C33H52O12. The zero-order chi connectivity index (χ0) is 32.4. The van der Waals surface area contributed by atoms with Crippen LogP contribution < -0.4 is 0 Å². The van der Waals surface area contributed by atoms with E-state index in [9.17, 15) is 40.9 Å². The summed E-state index contributed by atoms with van der Waals surface area (Å²) in [6, 6.07) is 0. The molecule has 0 bridgehead atoms. The summed E-state index contributed by atoms with van der Waals surface area (Å²) in [7, 11) is 0. The van der Waals surface area contributed by atoms with Gasteiger partial charge in [-0.25, -0.2) is 0 Å². The maximum absolute atomic E-state index is 11.8. The van der Waals surface area contributed by atoms with Gasteiger partial charge in [-0.2, -0.15) is 0 Å². The maximum atomic E-state index is 11.8. The van der Waals surface area contributed by atoms with E-state index in [1.165, 1.54) is 0 Å². The molecule has 0 unspecified atom stereocenters. The second kappa shape index (κ2) is 10.9. The van der Waals surface area contributed by atoms with Gasteiger partial charge in [0.2, 0.25) is 0 Å². The van der Waals surface area contributed by atoms with Crippen molar-refractivity contribution in [1.29, 1.82) is 0 Å². The Balaban J connectivity index is 1.21. The van der Waals surface area contributed by atoms with Crippen LogP contribution in [0.4, 0.5) is 0 Å². The standard InChI is InChI=1S/C33H52O12/c1-14-5-10-33(42-13-14)15(2)21-19(44-33)11-18-16-6-9-32(45-29-26(39)23(36)22(35)20(12-34)43-29)28(41)25(38)24(37)27(40)31(32,4)17(16)7-8-30(18,21)3/h15-29,34-41H,1,5-13H2,2-4H3/t15-,16+,17-,18-,19-,20+,21-,22+,23-,24+,25-,26+,27+,28-,29-,30-,31-,32-,33+/m0/s1. The van der Waals surface area contributed by atoms with E-state index in [0.717, 1.165) is 31.3 Å². The van der Waals surface area contributed by atoms with Gasteiger partial charge in [-0.3, -0.25) is 0 Å². The monoisotopic (exact) mass is 640 g/mol. The van der Waals surface area contributed by atoms with Gasteiger partial charge in [-0.15, -0.1) is 0 Å². The molecule has 12 nitrogen and oxygen atoms in total. The third-order valence-corrected chi connectivity index (χ3v) is 14.2. The van der Waals surface area contributed by atoms with Gasteiger partial charge in [0.1, 0.15) is 48.3 Å². The molecule has 0 radical (unpaired) electrons. The van der Waals surface area contributed by atoms with Crippen LogP contribution in [-0.2, 0) is 18.9 Å². The van der Waals surface area contributed by atoms with E-state index in [1.807, 2.05) is 0 Å². The van der Waals surface area contributed by atoms with Gasteiger partial charge < -0.3 is 59.8 Å². The van der Waals surface area contributed by atoms with Crippen molar-refractivity contribution in [2.45, 2.75) is 138 Å². The van der Waals surface area contributed by atoms with Gasteiger partial charge in [0, 0.05) is 17.8 Å². The minimum absolute atomic E-state index is 0.0271. The smallest absolute Gasteiger partial charge is 0.187 e. The van der Waals surface area contributed by atoms with Crippen LogP contribution in [0.3, 0.4) is 0 Å². The van der Waals surface area contributed by atoms with E-state index in [0.29, 0.717) is 19.4 Å². The van der Waals surface area contributed by atoms with Crippen LogP contribution in [0, 0.1) is 40.4 Å². The molecular weight excluding hydrogens is 588 g/mol. The number of aliphatic hydroxyl groups excluding tert-OH is 8. The summed E-state index contributed by atoms with van der Waals surface area (Å²) in [5.74, 6) is -0.0339. The number of ether oxygens (including phenoxy) is 4. The Kier molecular flexibility index (Phi) is 7.93. The van der Waals surface area contributed by atoms with E-state index in [1.54, 1.807) is 6.92 Å². The predicted octanol–water partition coefficient (Wildman–Crippen LogP) is -0.435. The fourth-order valence-electron chi connectivity index (χ4n) is 11.8. The van der Waals surface area contributed by atoms with Crippen molar-refractivity contribution >= 4 is 0 Å². The molecule has 0 amide bonds. The molecule has 0 aromatic rings. The Hall–Kier alpha value is -0.740. The fourth-order valence-corrected chi connectivity index (χ4v) is 11.8. The molecule has 4 saturated carbocycles. The minimum atomic E-state index is -1.74. The maximum Gasteiger partial charge on any atom is 0.187 e. The molecule has 19 atom stereocenters. The highest BCUT2D eigenvalue weighted by Crippen LogP contribution is 2.72. The first-order valence-corrected chi connectivity index (χ1v) is 16.9. The lowest BCUT2D eigenvalue weighted by Crippen LogP contribution is -2.79. The molecule has 7 fully saturated rings. The van der Waals surface area contributed by atoms with Crippen LogP contribution in [0.1, 0.15) is 65.7 Å². The molecule has 45 heavy (non-hydrogen) atoms. The lowest BCUT2D eigenvalue weighted by molar-refractivity contribution is -0.398. The third kappa shape index (κ3) is 4.21. The Labute approximate surface area is 263 Å². The second-order valence-corrected chi connectivity index (χ2v) is 15.9. The normalized spacial score (nSPS) is 61.0. The fraction of sp³-hybridized carbons (Fsp3) is 0.939. The van der Waals surface area contributed by atoms with Gasteiger partial charge in [0.25, 0.3) is 0 Å². The lowest BCUT2D eigenvalue weighted by atomic mass is 9.41. The number of aliphatic hydroxyl groups is 8. The third-order valence-electron chi connectivity index (χ3n) is 14.2. The highest BCUT2D eigenvalue weighted by molar-refractivity contribution is 5.24. The summed E-state index contributed by atoms with van der Waals surface area (Å²) in [4.78, 5) is 0. The molecule has 3 heterocycles. The summed E-state index contributed by atoms with van der Waals surface area (Å²) in [6.45, 7) is 10.3. The summed E-state index contributed by atoms with van der Waals surface area (Å²) < 4.78 is 25.3. The predicted molar refractivity (Wildman–Crippen MR) is 156 cm³/mol. The van der Waals surface area contributed by atoms with Crippen molar-refractivity contribution in [3.05, 3.63) is 12.2 Å². The second-order valence-electron chi connectivity index (χ2n) is 15.9. The van der Waals surface area contributed by atoms with E-state index >= 15 is 0 Å². The molecule has 3 saturated heterocycles. The van der Waals surface area contributed by atoms with Crippen molar-refractivity contribution in [2.24, 2.45) is 40.4 Å². The number of fused-ring (bicyclic) bond motifs is 7. The SMILES string of the molecule is C=C1CC[C@@]2(OC1)O[C@H]1C[C@H]3[C@@H]4CC[C@]5(O[C@@H]6O[C@H](CO)[C@@H](O)[C@H](O)[C@H]6O)[C@@H](O)[C@@H](O)[C@@H](O)[C@@H](O)[C@]5(C)[C@H]4CC[C@]3(C)[C@H]1[C@@H]2C. The molecule has 7 rings (SSSR count). The summed E-state index contributed by atoms with van der Waals surface area (Å²) >= 11 is 0. The summed E-state index contributed by atoms with van der Waals surface area (Å²) in [6.07, 6.45) is -9.60. The van der Waals surface area contributed by atoms with Crippen molar-refractivity contribution < 1.29 is 59.8 Å². The van der Waals surface area contributed by atoms with Crippen molar-refractivity contribution in [3.8, 4) is 0 Å². The van der Waals surface area contributed by atoms with Crippen molar-refractivity contribution in [3.63, 3.8) is 0 Å². The number of rotatable bonds is 3. The zero-order valence-electron chi connectivity index (χ0n) is 26.4. The van der Waals surface area contributed by atoms with Crippen molar-refractivity contribution in [1.82, 2.24) is 0 Å². The first kappa shape index (κ1) is 32.8. The minimum Gasteiger partial charge on any atom is -0.394 e. The van der Waals surface area contributed by atoms with Crippen molar-refractivity contribution in [2.75, 3.05) is 13.2 Å².